The second-order valence-electron chi connectivity index (χ2n) is 7.86. The number of aromatic nitrogens is 3. The number of aliphatic carboxylic acids is 1. The molecule has 2 atom stereocenters. The first kappa shape index (κ1) is 23.9. The molecule has 0 saturated carbocycles. The van der Waals surface area contributed by atoms with Gasteiger partial charge in [-0.05, 0) is 23.8 Å². The molecule has 0 aliphatic heterocycles. The average molecular weight is 484 g/mol. The first-order chi connectivity index (χ1) is 16.6. The zero-order chi connectivity index (χ0) is 25.3. The summed E-state index contributed by atoms with van der Waals surface area (Å²) in [5.74, 6) is -3.58. The van der Waals surface area contributed by atoms with Crippen LogP contribution in [0, 0.1) is 0 Å². The van der Waals surface area contributed by atoms with Crippen LogP contribution in [0.25, 0.3) is 10.9 Å². The Morgan fingerprint density at radius 1 is 0.971 bits per heavy atom. The number of carbonyl (C=O) groups excluding carboxylic acids is 1. The van der Waals surface area contributed by atoms with Gasteiger partial charge >= 0.3 is 12.1 Å². The van der Waals surface area contributed by atoms with Crippen LogP contribution >= 0.6 is 0 Å². The van der Waals surface area contributed by atoms with Crippen molar-refractivity contribution in [3.63, 3.8) is 0 Å². The molecule has 0 bridgehead atoms. The molecule has 0 saturated heterocycles. The highest BCUT2D eigenvalue weighted by Crippen LogP contribution is 2.47. The van der Waals surface area contributed by atoms with Crippen molar-refractivity contribution in [1.82, 2.24) is 20.1 Å². The Hall–Kier alpha value is -4.25. The molecule has 2 unspecified atom stereocenters. The molecule has 8 nitrogen and oxygen atoms in total. The molecule has 0 aliphatic rings. The number of carboxylic acids is 1. The number of pyridine rings is 1. The highest BCUT2D eigenvalue weighted by Gasteiger charge is 2.73. The van der Waals surface area contributed by atoms with Crippen LogP contribution in [0.3, 0.4) is 0 Å². The van der Waals surface area contributed by atoms with Crippen molar-refractivity contribution < 1.29 is 33.0 Å². The maximum atomic E-state index is 15.1. The van der Waals surface area contributed by atoms with E-state index in [0.717, 1.165) is 12.4 Å². The number of amides is 1. The molecule has 2 heterocycles. The second kappa shape index (κ2) is 8.84. The third kappa shape index (κ3) is 4.10. The Labute approximate surface area is 196 Å². The molecule has 0 aliphatic carbocycles. The minimum absolute atomic E-state index is 0.0553. The maximum Gasteiger partial charge on any atom is 0.419 e. The number of rotatable bonds is 7. The number of nitrogens with one attached hydrogen (secondary N) is 1. The van der Waals surface area contributed by atoms with Gasteiger partial charge in [0.2, 0.25) is 5.54 Å². The third-order valence-electron chi connectivity index (χ3n) is 5.70. The molecular weight excluding hydrogens is 465 g/mol. The molecule has 4 aromatic rings. The lowest BCUT2D eigenvalue weighted by molar-refractivity contribution is -0.280. The highest BCUT2D eigenvalue weighted by atomic mass is 19.4. The predicted molar refractivity (Wildman–Crippen MR) is 118 cm³/mol. The van der Waals surface area contributed by atoms with Crippen LogP contribution in [0.15, 0.2) is 85.3 Å². The van der Waals surface area contributed by atoms with E-state index in [4.69, 9.17) is 0 Å². The molecule has 2 aromatic heterocycles. The monoisotopic (exact) mass is 484 g/mol. The van der Waals surface area contributed by atoms with Crippen molar-refractivity contribution in [3.8, 4) is 0 Å². The van der Waals surface area contributed by atoms with Gasteiger partial charge in [0.15, 0.2) is 0 Å². The number of aliphatic hydroxyl groups is 1. The molecule has 2 aromatic carbocycles. The quantitative estimate of drug-likeness (QED) is 0.347. The SMILES string of the molecule is O=C(NC(O)(C(=O)O)C(Cc1ccccc1)(n1cc2ccccc2n1)C(F)(F)F)c1cccnc1. The summed E-state index contributed by atoms with van der Waals surface area (Å²) in [6, 6.07) is 15.9. The first-order valence-electron chi connectivity index (χ1n) is 10.3. The van der Waals surface area contributed by atoms with E-state index in [9.17, 15) is 19.8 Å². The van der Waals surface area contributed by atoms with Gasteiger partial charge in [0.1, 0.15) is 0 Å². The summed E-state index contributed by atoms with van der Waals surface area (Å²) in [6.07, 6.45) is -3.12. The van der Waals surface area contributed by atoms with Crippen molar-refractivity contribution >= 4 is 22.8 Å². The summed E-state index contributed by atoms with van der Waals surface area (Å²) < 4.78 is 45.8. The van der Waals surface area contributed by atoms with Crippen LogP contribution in [0.1, 0.15) is 15.9 Å². The maximum absolute atomic E-state index is 15.1. The minimum Gasteiger partial charge on any atom is -0.478 e. The molecule has 1 amide bonds. The fraction of sp³-hybridized carbons (Fsp3) is 0.167. The number of carboxylic acid groups (broad SMARTS) is 1. The van der Waals surface area contributed by atoms with Gasteiger partial charge in [0.05, 0.1) is 11.1 Å². The summed E-state index contributed by atoms with van der Waals surface area (Å²) in [4.78, 5) is 29.0. The number of benzene rings is 2. The van der Waals surface area contributed by atoms with Gasteiger partial charge in [-0.15, -0.1) is 0 Å². The predicted octanol–water partition coefficient (Wildman–Crippen LogP) is 3.13. The van der Waals surface area contributed by atoms with E-state index >= 15 is 13.2 Å². The number of alkyl halides is 3. The molecule has 4 rings (SSSR count). The largest absolute Gasteiger partial charge is 0.478 e. The molecule has 180 valence electrons. The van der Waals surface area contributed by atoms with E-state index in [0.29, 0.717) is 4.68 Å². The van der Waals surface area contributed by atoms with E-state index < -0.39 is 35.7 Å². The van der Waals surface area contributed by atoms with Crippen molar-refractivity contribution in [2.45, 2.75) is 23.9 Å². The van der Waals surface area contributed by atoms with Gasteiger partial charge in [-0.1, -0.05) is 48.5 Å². The standard InChI is InChI=1S/C24H19F3N4O4/c25-24(26,27)22(13-16-7-2-1-3-8-16,31-15-18-9-4-5-11-19(18)30-31)23(35,21(33)34)29-20(32)17-10-6-12-28-14-17/h1-12,14-15,35H,13H2,(H,29,32)(H,33,34). The zero-order valence-corrected chi connectivity index (χ0v) is 18.0. The smallest absolute Gasteiger partial charge is 0.419 e. The van der Waals surface area contributed by atoms with Crippen LogP contribution in [0.2, 0.25) is 0 Å². The van der Waals surface area contributed by atoms with Crippen molar-refractivity contribution in [2.24, 2.45) is 0 Å². The number of nitrogens with zero attached hydrogens (tertiary/aromatic N) is 3. The zero-order valence-electron chi connectivity index (χ0n) is 18.0. The number of hydrogen-bond donors (Lipinski definition) is 3. The fourth-order valence-corrected chi connectivity index (χ4v) is 3.93. The normalized spacial score (nSPS) is 15.2. The van der Waals surface area contributed by atoms with Gasteiger partial charge < -0.3 is 15.5 Å². The third-order valence-corrected chi connectivity index (χ3v) is 5.70. The van der Waals surface area contributed by atoms with Gasteiger partial charge in [-0.25, -0.2) is 4.79 Å². The molecule has 0 spiro atoms. The topological polar surface area (TPSA) is 117 Å². The minimum atomic E-state index is -5.42. The molecule has 3 N–H and O–H groups in total. The molecule has 35 heavy (non-hydrogen) atoms. The van der Waals surface area contributed by atoms with Gasteiger partial charge in [-0.2, -0.15) is 18.3 Å². The Morgan fingerprint density at radius 2 is 1.66 bits per heavy atom. The summed E-state index contributed by atoms with van der Waals surface area (Å²) in [5.41, 5.74) is -7.58. The molecular formula is C24H19F3N4O4. The van der Waals surface area contributed by atoms with E-state index in [1.165, 1.54) is 54.7 Å². The van der Waals surface area contributed by atoms with Crippen LogP contribution in [0.4, 0.5) is 13.2 Å². The van der Waals surface area contributed by atoms with Crippen LogP contribution in [-0.4, -0.2) is 48.8 Å². The van der Waals surface area contributed by atoms with Crippen LogP contribution < -0.4 is 5.32 Å². The van der Waals surface area contributed by atoms with Gasteiger partial charge in [0.25, 0.3) is 11.6 Å². The Morgan fingerprint density at radius 3 is 2.26 bits per heavy atom. The summed E-state index contributed by atoms with van der Waals surface area (Å²) in [7, 11) is 0. The Kier molecular flexibility index (Phi) is 6.03. The average Bonchev–Trinajstić information content (AvgIpc) is 3.27. The lowest BCUT2D eigenvalue weighted by Crippen LogP contribution is -2.75. The first-order valence-corrected chi connectivity index (χ1v) is 10.3. The van der Waals surface area contributed by atoms with E-state index in [1.807, 2.05) is 0 Å². The second-order valence-corrected chi connectivity index (χ2v) is 7.86. The Balaban J connectivity index is 1.99. The lowest BCUT2D eigenvalue weighted by Gasteiger charge is -2.45. The van der Waals surface area contributed by atoms with E-state index in [-0.39, 0.29) is 22.0 Å². The van der Waals surface area contributed by atoms with E-state index in [2.05, 4.69) is 10.1 Å². The summed E-state index contributed by atoms with van der Waals surface area (Å²) in [5, 5.41) is 27.4. The van der Waals surface area contributed by atoms with E-state index in [1.54, 1.807) is 23.5 Å². The molecule has 11 heteroatoms. The fourth-order valence-electron chi connectivity index (χ4n) is 3.93. The number of halogens is 3. The van der Waals surface area contributed by atoms with Crippen molar-refractivity contribution in [3.05, 3.63) is 96.4 Å². The van der Waals surface area contributed by atoms with Gasteiger partial charge in [0, 0.05) is 30.4 Å². The summed E-state index contributed by atoms with van der Waals surface area (Å²) >= 11 is 0. The lowest BCUT2D eigenvalue weighted by atomic mass is 9.79. The van der Waals surface area contributed by atoms with Crippen LogP contribution in [-0.2, 0) is 16.8 Å². The molecule has 0 fully saturated rings. The highest BCUT2D eigenvalue weighted by molar-refractivity contribution is 5.97. The number of carbonyl (C=O) groups is 2. The number of hydrogen-bond acceptors (Lipinski definition) is 5. The summed E-state index contributed by atoms with van der Waals surface area (Å²) in [6.45, 7) is 0. The van der Waals surface area contributed by atoms with Crippen molar-refractivity contribution in [1.29, 1.82) is 0 Å². The van der Waals surface area contributed by atoms with Crippen molar-refractivity contribution in [2.75, 3.05) is 0 Å². The Bertz CT molecular complexity index is 1330. The molecule has 0 radical (unpaired) electrons. The number of fused-ring (bicyclic) bond motifs is 1. The van der Waals surface area contributed by atoms with Gasteiger partial charge in [-0.3, -0.25) is 14.5 Å². The van der Waals surface area contributed by atoms with Crippen LogP contribution in [0.5, 0.6) is 0 Å².